The Kier molecular flexibility index (Phi) is 2.50. The molecule has 0 saturated carbocycles. The van der Waals surface area contributed by atoms with E-state index >= 15 is 0 Å². The molecule has 1 heteroatoms. The molecule has 10 heavy (non-hydrogen) atoms. The Morgan fingerprint density at radius 1 is 1.60 bits per heavy atom. The molecule has 0 bridgehead atoms. The standard InChI is InChI=1S/C9H16O/c1-7(2)8-4-3-5-9(10)6-8/h6-7,9-10H,3-5H2,1-2H3. The third-order valence-corrected chi connectivity index (χ3v) is 2.11. The molecule has 0 radical (unpaired) electrons. The van der Waals surface area contributed by atoms with Crippen LogP contribution in [-0.2, 0) is 0 Å². The highest BCUT2D eigenvalue weighted by molar-refractivity contribution is 5.10. The summed E-state index contributed by atoms with van der Waals surface area (Å²) < 4.78 is 0. The number of hydrogen-bond acceptors (Lipinski definition) is 1. The van der Waals surface area contributed by atoms with E-state index in [1.807, 2.05) is 6.08 Å². The summed E-state index contributed by atoms with van der Waals surface area (Å²) in [6.45, 7) is 4.37. The van der Waals surface area contributed by atoms with Crippen molar-refractivity contribution in [3.8, 4) is 0 Å². The van der Waals surface area contributed by atoms with Gasteiger partial charge in [0.2, 0.25) is 0 Å². The minimum Gasteiger partial charge on any atom is -0.389 e. The molecule has 0 aromatic rings. The summed E-state index contributed by atoms with van der Waals surface area (Å²) in [4.78, 5) is 0. The summed E-state index contributed by atoms with van der Waals surface area (Å²) in [5, 5.41) is 9.25. The second kappa shape index (κ2) is 3.20. The van der Waals surface area contributed by atoms with Gasteiger partial charge in [0, 0.05) is 0 Å². The molecule has 1 aliphatic carbocycles. The molecule has 1 atom stereocenters. The molecule has 0 amide bonds. The van der Waals surface area contributed by atoms with Gasteiger partial charge in [-0.1, -0.05) is 25.5 Å². The molecule has 0 spiro atoms. The molecule has 1 aliphatic rings. The molecular weight excluding hydrogens is 124 g/mol. The first-order chi connectivity index (χ1) is 4.70. The normalized spacial score (nSPS) is 26.8. The fourth-order valence-electron chi connectivity index (χ4n) is 1.41. The Bertz CT molecular complexity index is 136. The van der Waals surface area contributed by atoms with Crippen molar-refractivity contribution in [1.82, 2.24) is 0 Å². The molecule has 1 nitrogen and oxygen atoms in total. The van der Waals surface area contributed by atoms with E-state index in [2.05, 4.69) is 13.8 Å². The third kappa shape index (κ3) is 1.84. The fourth-order valence-corrected chi connectivity index (χ4v) is 1.41. The van der Waals surface area contributed by atoms with Gasteiger partial charge in [0.1, 0.15) is 0 Å². The van der Waals surface area contributed by atoms with Crippen molar-refractivity contribution in [2.45, 2.75) is 39.2 Å². The van der Waals surface area contributed by atoms with E-state index in [-0.39, 0.29) is 6.10 Å². The molecule has 0 fully saturated rings. The van der Waals surface area contributed by atoms with Gasteiger partial charge in [-0.15, -0.1) is 0 Å². The number of aliphatic hydroxyl groups is 1. The highest BCUT2D eigenvalue weighted by atomic mass is 16.3. The van der Waals surface area contributed by atoms with E-state index in [0.29, 0.717) is 5.92 Å². The number of hydrogen-bond donors (Lipinski definition) is 1. The Morgan fingerprint density at radius 2 is 2.30 bits per heavy atom. The maximum atomic E-state index is 9.25. The van der Waals surface area contributed by atoms with Crippen LogP contribution in [0.2, 0.25) is 0 Å². The summed E-state index contributed by atoms with van der Waals surface area (Å²) in [5.74, 6) is 0.620. The van der Waals surface area contributed by atoms with Crippen molar-refractivity contribution in [3.05, 3.63) is 11.6 Å². The van der Waals surface area contributed by atoms with Gasteiger partial charge >= 0.3 is 0 Å². The van der Waals surface area contributed by atoms with Crippen LogP contribution in [0.1, 0.15) is 33.1 Å². The van der Waals surface area contributed by atoms with Crippen molar-refractivity contribution in [2.24, 2.45) is 5.92 Å². The zero-order valence-electron chi connectivity index (χ0n) is 6.80. The summed E-state index contributed by atoms with van der Waals surface area (Å²) in [6.07, 6.45) is 5.16. The van der Waals surface area contributed by atoms with E-state index in [4.69, 9.17) is 0 Å². The van der Waals surface area contributed by atoms with Crippen LogP contribution in [-0.4, -0.2) is 11.2 Å². The smallest absolute Gasteiger partial charge is 0.0723 e. The lowest BCUT2D eigenvalue weighted by atomic mass is 9.90. The fraction of sp³-hybridized carbons (Fsp3) is 0.778. The second-order valence-corrected chi connectivity index (χ2v) is 3.36. The van der Waals surface area contributed by atoms with E-state index in [1.54, 1.807) is 0 Å². The summed E-state index contributed by atoms with van der Waals surface area (Å²) in [6, 6.07) is 0. The summed E-state index contributed by atoms with van der Waals surface area (Å²) in [5.41, 5.74) is 1.43. The number of rotatable bonds is 1. The Labute approximate surface area is 62.8 Å². The molecule has 0 aliphatic heterocycles. The van der Waals surface area contributed by atoms with Crippen LogP contribution in [0.25, 0.3) is 0 Å². The summed E-state index contributed by atoms with van der Waals surface area (Å²) in [7, 11) is 0. The second-order valence-electron chi connectivity index (χ2n) is 3.36. The van der Waals surface area contributed by atoms with Crippen molar-refractivity contribution < 1.29 is 5.11 Å². The van der Waals surface area contributed by atoms with Gasteiger partial charge < -0.3 is 5.11 Å². The lowest BCUT2D eigenvalue weighted by Gasteiger charge is -2.19. The maximum absolute atomic E-state index is 9.25. The van der Waals surface area contributed by atoms with Gasteiger partial charge in [-0.2, -0.15) is 0 Å². The average molecular weight is 140 g/mol. The zero-order chi connectivity index (χ0) is 7.56. The molecule has 0 aromatic heterocycles. The highest BCUT2D eigenvalue weighted by Crippen LogP contribution is 2.23. The average Bonchev–Trinajstić information content (AvgIpc) is 1.88. The molecule has 0 heterocycles. The quantitative estimate of drug-likeness (QED) is 0.553. The van der Waals surface area contributed by atoms with Gasteiger partial charge in [-0.05, 0) is 25.2 Å². The largest absolute Gasteiger partial charge is 0.389 e. The van der Waals surface area contributed by atoms with Crippen LogP contribution < -0.4 is 0 Å². The Hall–Kier alpha value is -0.300. The minimum absolute atomic E-state index is 0.161. The lowest BCUT2D eigenvalue weighted by molar-refractivity contribution is 0.200. The van der Waals surface area contributed by atoms with E-state index in [1.165, 1.54) is 12.0 Å². The van der Waals surface area contributed by atoms with Gasteiger partial charge in [-0.3, -0.25) is 0 Å². The first-order valence-electron chi connectivity index (χ1n) is 4.09. The topological polar surface area (TPSA) is 20.2 Å². The zero-order valence-corrected chi connectivity index (χ0v) is 6.80. The Morgan fingerprint density at radius 3 is 2.70 bits per heavy atom. The van der Waals surface area contributed by atoms with Crippen molar-refractivity contribution >= 4 is 0 Å². The number of allylic oxidation sites excluding steroid dienone is 1. The molecular formula is C9H16O. The van der Waals surface area contributed by atoms with Crippen LogP contribution in [0.15, 0.2) is 11.6 Å². The molecule has 1 N–H and O–H groups in total. The minimum atomic E-state index is -0.161. The van der Waals surface area contributed by atoms with Gasteiger partial charge in [-0.25, -0.2) is 0 Å². The number of aliphatic hydroxyl groups excluding tert-OH is 1. The van der Waals surface area contributed by atoms with Crippen LogP contribution in [0.4, 0.5) is 0 Å². The predicted octanol–water partition coefficient (Wildman–Crippen LogP) is 2.11. The summed E-state index contributed by atoms with van der Waals surface area (Å²) >= 11 is 0. The van der Waals surface area contributed by atoms with Gasteiger partial charge in [0.15, 0.2) is 0 Å². The first kappa shape index (κ1) is 7.80. The first-order valence-corrected chi connectivity index (χ1v) is 4.09. The van der Waals surface area contributed by atoms with Crippen LogP contribution in [0.3, 0.4) is 0 Å². The molecule has 1 rings (SSSR count). The molecule has 58 valence electrons. The maximum Gasteiger partial charge on any atom is 0.0723 e. The SMILES string of the molecule is CC(C)C1=CC(O)CCC1. The highest BCUT2D eigenvalue weighted by Gasteiger charge is 2.12. The van der Waals surface area contributed by atoms with Crippen molar-refractivity contribution in [2.75, 3.05) is 0 Å². The van der Waals surface area contributed by atoms with Crippen molar-refractivity contribution in [3.63, 3.8) is 0 Å². The van der Waals surface area contributed by atoms with E-state index in [9.17, 15) is 5.11 Å². The predicted molar refractivity (Wildman–Crippen MR) is 42.8 cm³/mol. The van der Waals surface area contributed by atoms with E-state index in [0.717, 1.165) is 12.8 Å². The lowest BCUT2D eigenvalue weighted by Crippen LogP contribution is -2.11. The van der Waals surface area contributed by atoms with Crippen LogP contribution >= 0.6 is 0 Å². The molecule has 0 saturated heterocycles. The third-order valence-electron chi connectivity index (χ3n) is 2.11. The van der Waals surface area contributed by atoms with Crippen molar-refractivity contribution in [1.29, 1.82) is 0 Å². The van der Waals surface area contributed by atoms with Gasteiger partial charge in [0.25, 0.3) is 0 Å². The van der Waals surface area contributed by atoms with E-state index < -0.39 is 0 Å². The molecule has 1 unspecified atom stereocenters. The monoisotopic (exact) mass is 140 g/mol. The van der Waals surface area contributed by atoms with Crippen LogP contribution in [0, 0.1) is 5.92 Å². The van der Waals surface area contributed by atoms with Crippen LogP contribution in [0.5, 0.6) is 0 Å². The Balaban J connectivity index is 2.57. The van der Waals surface area contributed by atoms with Gasteiger partial charge in [0.05, 0.1) is 6.10 Å². The molecule has 0 aromatic carbocycles.